The lowest BCUT2D eigenvalue weighted by Gasteiger charge is -2.25. The molecule has 2 unspecified atom stereocenters. The first-order valence-corrected chi connectivity index (χ1v) is 7.41. The van der Waals surface area contributed by atoms with Crippen LogP contribution in [0, 0.1) is 5.92 Å². The molecule has 2 atom stereocenters. The maximum Gasteiger partial charge on any atom is 0.237 e. The Labute approximate surface area is 131 Å². The van der Waals surface area contributed by atoms with Crippen molar-refractivity contribution in [2.75, 3.05) is 19.8 Å². The summed E-state index contributed by atoms with van der Waals surface area (Å²) in [5.74, 6) is -1.16. The van der Waals surface area contributed by atoms with Crippen molar-refractivity contribution in [3.8, 4) is 0 Å². The molecule has 1 heterocycles. The number of hydrogen-bond donors (Lipinski definition) is 2. The third-order valence-corrected chi connectivity index (χ3v) is 3.92. The average molecular weight is 356 g/mol. The number of nitrogens with zero attached hydrogens (tertiary/aromatic N) is 1. The lowest BCUT2D eigenvalue weighted by Crippen LogP contribution is -2.46. The van der Waals surface area contributed by atoms with E-state index in [-0.39, 0.29) is 25.1 Å². The molecule has 1 aliphatic heterocycles. The van der Waals surface area contributed by atoms with Crippen LogP contribution in [0.3, 0.4) is 0 Å². The van der Waals surface area contributed by atoms with Gasteiger partial charge >= 0.3 is 0 Å². The van der Waals surface area contributed by atoms with E-state index in [0.29, 0.717) is 13.2 Å². The molecule has 4 N–H and O–H groups in total. The molecule has 21 heavy (non-hydrogen) atoms. The van der Waals surface area contributed by atoms with Crippen molar-refractivity contribution in [2.45, 2.75) is 12.6 Å². The van der Waals surface area contributed by atoms with E-state index in [2.05, 4.69) is 15.9 Å². The summed E-state index contributed by atoms with van der Waals surface area (Å²) in [6.45, 7) is 0.838. The molecule has 6 nitrogen and oxygen atoms in total. The van der Waals surface area contributed by atoms with Crippen LogP contribution in [-0.2, 0) is 20.9 Å². The van der Waals surface area contributed by atoms with Crippen molar-refractivity contribution >= 4 is 27.7 Å². The molecule has 1 aromatic rings. The molecule has 7 heteroatoms. The van der Waals surface area contributed by atoms with E-state index in [4.69, 9.17) is 16.2 Å². The summed E-state index contributed by atoms with van der Waals surface area (Å²) < 4.78 is 6.17. The quantitative estimate of drug-likeness (QED) is 0.789. The molecule has 1 saturated heterocycles. The monoisotopic (exact) mass is 355 g/mol. The Hall–Kier alpha value is -1.44. The number of ether oxygens (including phenoxy) is 1. The second kappa shape index (κ2) is 7.02. The van der Waals surface area contributed by atoms with Crippen molar-refractivity contribution in [1.29, 1.82) is 0 Å². The number of hydrogen-bond acceptors (Lipinski definition) is 4. The first kappa shape index (κ1) is 15.9. The molecule has 0 spiro atoms. The maximum absolute atomic E-state index is 12.5. The molecule has 0 bridgehead atoms. The van der Waals surface area contributed by atoms with E-state index in [9.17, 15) is 9.59 Å². The number of primary amides is 1. The van der Waals surface area contributed by atoms with Crippen molar-refractivity contribution in [3.63, 3.8) is 0 Å². The topological polar surface area (TPSA) is 98.7 Å². The maximum atomic E-state index is 12.5. The van der Waals surface area contributed by atoms with E-state index in [1.807, 2.05) is 24.3 Å². The highest BCUT2D eigenvalue weighted by Gasteiger charge is 2.34. The standard InChI is InChI=1S/C14H18BrN3O3/c15-10-3-1-9(2-4-10)5-18(6-13(17)19)14(20)11-7-21-8-12(11)16/h1-4,11-12H,5-8,16H2,(H2,17,19). The van der Waals surface area contributed by atoms with Crippen LogP contribution in [0.1, 0.15) is 5.56 Å². The van der Waals surface area contributed by atoms with Crippen molar-refractivity contribution in [3.05, 3.63) is 34.3 Å². The number of halogens is 1. The summed E-state index contributed by atoms with van der Waals surface area (Å²) in [7, 11) is 0. The van der Waals surface area contributed by atoms with Crippen LogP contribution in [0.15, 0.2) is 28.7 Å². The second-order valence-electron chi connectivity index (χ2n) is 5.09. The largest absolute Gasteiger partial charge is 0.379 e. The van der Waals surface area contributed by atoms with E-state index in [1.165, 1.54) is 4.90 Å². The predicted molar refractivity (Wildman–Crippen MR) is 81.0 cm³/mol. The molecule has 2 rings (SSSR count). The van der Waals surface area contributed by atoms with Gasteiger partial charge in [-0.15, -0.1) is 0 Å². The molecule has 0 saturated carbocycles. The fourth-order valence-electron chi connectivity index (χ4n) is 2.27. The summed E-state index contributed by atoms with van der Waals surface area (Å²) >= 11 is 3.35. The number of carbonyl (C=O) groups excluding carboxylic acids is 2. The predicted octanol–water partition coefficient (Wildman–Crippen LogP) is 0.237. The summed E-state index contributed by atoms with van der Waals surface area (Å²) in [4.78, 5) is 25.2. The first-order valence-electron chi connectivity index (χ1n) is 6.62. The fourth-order valence-corrected chi connectivity index (χ4v) is 2.53. The Morgan fingerprint density at radius 1 is 1.29 bits per heavy atom. The van der Waals surface area contributed by atoms with E-state index >= 15 is 0 Å². The minimum absolute atomic E-state index is 0.127. The zero-order valence-electron chi connectivity index (χ0n) is 11.5. The van der Waals surface area contributed by atoms with Gasteiger partial charge in [0.2, 0.25) is 11.8 Å². The van der Waals surface area contributed by atoms with Gasteiger partial charge in [0.1, 0.15) is 0 Å². The summed E-state index contributed by atoms with van der Waals surface area (Å²) in [6.07, 6.45) is 0. The van der Waals surface area contributed by atoms with E-state index < -0.39 is 11.8 Å². The lowest BCUT2D eigenvalue weighted by molar-refractivity contribution is -0.139. The molecule has 0 aliphatic carbocycles. The normalized spacial score (nSPS) is 21.2. The summed E-state index contributed by atoms with van der Waals surface area (Å²) in [5.41, 5.74) is 12.0. The number of nitrogens with two attached hydrogens (primary N) is 2. The van der Waals surface area contributed by atoms with Crippen LogP contribution < -0.4 is 11.5 Å². The smallest absolute Gasteiger partial charge is 0.237 e. The van der Waals surface area contributed by atoms with Crippen LogP contribution in [0.25, 0.3) is 0 Å². The number of benzene rings is 1. The molecule has 114 valence electrons. The minimum atomic E-state index is -0.548. The highest BCUT2D eigenvalue weighted by Crippen LogP contribution is 2.18. The van der Waals surface area contributed by atoms with Crippen LogP contribution in [0.5, 0.6) is 0 Å². The zero-order chi connectivity index (χ0) is 15.4. The molecule has 0 aromatic heterocycles. The van der Waals surface area contributed by atoms with Gasteiger partial charge in [0.15, 0.2) is 0 Å². The van der Waals surface area contributed by atoms with Gasteiger partial charge in [0, 0.05) is 17.1 Å². The van der Waals surface area contributed by atoms with Crippen molar-refractivity contribution in [2.24, 2.45) is 17.4 Å². The minimum Gasteiger partial charge on any atom is -0.379 e. The van der Waals surface area contributed by atoms with Crippen LogP contribution in [-0.4, -0.2) is 42.5 Å². The summed E-state index contributed by atoms with van der Waals surface area (Å²) in [6, 6.07) is 7.20. The van der Waals surface area contributed by atoms with Gasteiger partial charge in [-0.3, -0.25) is 9.59 Å². The van der Waals surface area contributed by atoms with E-state index in [1.54, 1.807) is 0 Å². The average Bonchev–Trinajstić information content (AvgIpc) is 2.85. The van der Waals surface area contributed by atoms with Gasteiger partial charge in [0.05, 0.1) is 25.7 Å². The van der Waals surface area contributed by atoms with Crippen LogP contribution in [0.2, 0.25) is 0 Å². The Balaban J connectivity index is 2.11. The number of carbonyl (C=O) groups is 2. The van der Waals surface area contributed by atoms with Gasteiger partial charge in [-0.05, 0) is 17.7 Å². The van der Waals surface area contributed by atoms with Crippen LogP contribution in [0.4, 0.5) is 0 Å². The Kier molecular flexibility index (Phi) is 5.33. The highest BCUT2D eigenvalue weighted by atomic mass is 79.9. The summed E-state index contributed by atoms with van der Waals surface area (Å²) in [5, 5.41) is 0. The first-order chi connectivity index (χ1) is 9.97. The Bertz CT molecular complexity index is 521. The number of rotatable bonds is 5. The Morgan fingerprint density at radius 2 is 1.95 bits per heavy atom. The molecule has 1 aliphatic rings. The van der Waals surface area contributed by atoms with Crippen molar-refractivity contribution < 1.29 is 14.3 Å². The van der Waals surface area contributed by atoms with Crippen molar-refractivity contribution in [1.82, 2.24) is 4.90 Å². The van der Waals surface area contributed by atoms with Gasteiger partial charge in [-0.2, -0.15) is 0 Å². The van der Waals surface area contributed by atoms with Gasteiger partial charge in [-0.25, -0.2) is 0 Å². The zero-order valence-corrected chi connectivity index (χ0v) is 13.1. The molecule has 1 aromatic carbocycles. The van der Waals surface area contributed by atoms with Gasteiger partial charge in [-0.1, -0.05) is 28.1 Å². The molecule has 1 fully saturated rings. The third kappa shape index (κ3) is 4.26. The fraction of sp³-hybridized carbons (Fsp3) is 0.429. The van der Waals surface area contributed by atoms with Gasteiger partial charge < -0.3 is 21.1 Å². The number of amides is 2. The molecule has 0 radical (unpaired) electrons. The Morgan fingerprint density at radius 3 is 2.48 bits per heavy atom. The van der Waals surface area contributed by atoms with Gasteiger partial charge in [0.25, 0.3) is 0 Å². The van der Waals surface area contributed by atoms with Crippen LogP contribution >= 0.6 is 15.9 Å². The highest BCUT2D eigenvalue weighted by molar-refractivity contribution is 9.10. The lowest BCUT2D eigenvalue weighted by atomic mass is 10.0. The van der Waals surface area contributed by atoms with E-state index in [0.717, 1.165) is 10.0 Å². The second-order valence-corrected chi connectivity index (χ2v) is 6.01. The molecular weight excluding hydrogens is 338 g/mol. The molecular formula is C14H18BrN3O3. The SMILES string of the molecule is NC(=O)CN(Cc1ccc(Br)cc1)C(=O)C1COCC1N. The third-order valence-electron chi connectivity index (χ3n) is 3.39. The molecule has 2 amide bonds.